The number of anilines is 4. The maximum absolute atomic E-state index is 13.5. The van der Waals surface area contributed by atoms with Crippen LogP contribution in [0.2, 0.25) is 0 Å². The second kappa shape index (κ2) is 11.8. The minimum atomic E-state index is -0.431. The number of nitrogens with one attached hydrogen (secondary N) is 2. The molecule has 218 valence electrons. The van der Waals surface area contributed by atoms with E-state index in [2.05, 4.69) is 25.5 Å². The molecule has 11 nitrogen and oxygen atoms in total. The van der Waals surface area contributed by atoms with Crippen LogP contribution in [0, 0.1) is 6.92 Å². The van der Waals surface area contributed by atoms with Crippen LogP contribution in [-0.4, -0.2) is 67.3 Å². The largest absolute Gasteiger partial charge is 0.497 e. The number of rotatable bonds is 9. The number of nitrogens with zero attached hydrogens (tertiary/aromatic N) is 4. The fourth-order valence-electron chi connectivity index (χ4n) is 5.33. The number of carbonyl (C=O) groups excluding carboxylic acids is 2. The van der Waals surface area contributed by atoms with Crippen molar-refractivity contribution in [3.8, 4) is 17.2 Å². The highest BCUT2D eigenvalue weighted by Gasteiger charge is 2.34. The van der Waals surface area contributed by atoms with Gasteiger partial charge in [-0.3, -0.25) is 9.69 Å². The van der Waals surface area contributed by atoms with Gasteiger partial charge in [0, 0.05) is 24.4 Å². The number of ether oxygens (including phenoxy) is 3. The van der Waals surface area contributed by atoms with Crippen LogP contribution < -0.4 is 29.7 Å². The Hall–Kier alpha value is -4.42. The lowest BCUT2D eigenvalue weighted by Crippen LogP contribution is -2.35. The van der Waals surface area contributed by atoms with Crippen LogP contribution in [0.25, 0.3) is 10.2 Å². The molecule has 0 saturated carbocycles. The van der Waals surface area contributed by atoms with E-state index >= 15 is 0 Å². The summed E-state index contributed by atoms with van der Waals surface area (Å²) in [6.45, 7) is 5.54. The molecule has 1 saturated heterocycles. The van der Waals surface area contributed by atoms with E-state index in [1.165, 1.54) is 41.8 Å². The molecule has 0 spiro atoms. The van der Waals surface area contributed by atoms with Gasteiger partial charge in [-0.2, -0.15) is 0 Å². The van der Waals surface area contributed by atoms with Crippen LogP contribution in [0.5, 0.6) is 17.2 Å². The molecule has 1 fully saturated rings. The number of benzene rings is 2. The predicted molar refractivity (Wildman–Crippen MR) is 163 cm³/mol. The van der Waals surface area contributed by atoms with Gasteiger partial charge in [0.1, 0.15) is 28.4 Å². The zero-order valence-corrected chi connectivity index (χ0v) is 24.5. The van der Waals surface area contributed by atoms with E-state index in [1.54, 1.807) is 38.5 Å². The Morgan fingerprint density at radius 3 is 2.67 bits per heavy atom. The quantitative estimate of drug-likeness (QED) is 0.251. The number of thiophene rings is 1. The van der Waals surface area contributed by atoms with E-state index in [0.29, 0.717) is 61.8 Å². The second-order valence-corrected chi connectivity index (χ2v) is 11.2. The van der Waals surface area contributed by atoms with Crippen molar-refractivity contribution in [2.45, 2.75) is 26.2 Å². The number of methoxy groups -OCH3 is 2. The fraction of sp³-hybridized carbons (Fsp3) is 0.333. The third-order valence-corrected chi connectivity index (χ3v) is 8.61. The molecule has 2 aliphatic rings. The van der Waals surface area contributed by atoms with Gasteiger partial charge in [0.05, 0.1) is 31.0 Å². The molecular weight excluding hydrogens is 556 g/mol. The monoisotopic (exact) mass is 588 g/mol. The van der Waals surface area contributed by atoms with Gasteiger partial charge in [-0.15, -0.1) is 11.3 Å². The van der Waals surface area contributed by atoms with E-state index in [-0.39, 0.29) is 5.91 Å². The molecule has 2 aromatic heterocycles. The number of amides is 3. The summed E-state index contributed by atoms with van der Waals surface area (Å²) < 4.78 is 16.9. The van der Waals surface area contributed by atoms with Gasteiger partial charge in [-0.25, -0.2) is 19.7 Å². The van der Waals surface area contributed by atoms with Crippen LogP contribution in [0.4, 0.5) is 27.7 Å². The number of aryl methyl sites for hydroxylation is 1. The topological polar surface area (TPSA) is 118 Å². The van der Waals surface area contributed by atoms with Crippen molar-refractivity contribution >= 4 is 56.4 Å². The van der Waals surface area contributed by atoms with Gasteiger partial charge in [0.25, 0.3) is 5.91 Å². The average molecular weight is 589 g/mol. The van der Waals surface area contributed by atoms with E-state index < -0.39 is 6.03 Å². The Bertz CT molecular complexity index is 1650. The minimum absolute atomic E-state index is 0.322. The molecule has 2 N–H and O–H groups in total. The molecule has 0 radical (unpaired) electrons. The number of likely N-dealkylation sites (tertiary alicyclic amines) is 1. The number of urea groups is 1. The molecular formula is C30H32N6O5S. The molecule has 0 atom stereocenters. The number of carbonyl (C=O) groups is 2. The Labute approximate surface area is 247 Å². The zero-order chi connectivity index (χ0) is 29.2. The summed E-state index contributed by atoms with van der Waals surface area (Å²) in [5, 5.41) is 6.43. The van der Waals surface area contributed by atoms with Crippen LogP contribution in [0.3, 0.4) is 0 Å². The summed E-state index contributed by atoms with van der Waals surface area (Å²) in [6, 6.07) is 10.3. The summed E-state index contributed by atoms with van der Waals surface area (Å²) in [6.07, 6.45) is 5.16. The van der Waals surface area contributed by atoms with Crippen molar-refractivity contribution in [3.63, 3.8) is 0 Å². The lowest BCUT2D eigenvalue weighted by molar-refractivity contribution is 0.103. The summed E-state index contributed by atoms with van der Waals surface area (Å²) in [5.74, 6) is 1.77. The van der Waals surface area contributed by atoms with Crippen molar-refractivity contribution in [2.24, 2.45) is 0 Å². The van der Waals surface area contributed by atoms with Gasteiger partial charge >= 0.3 is 6.03 Å². The highest BCUT2D eigenvalue weighted by Crippen LogP contribution is 2.46. The highest BCUT2D eigenvalue weighted by molar-refractivity contribution is 7.21. The lowest BCUT2D eigenvalue weighted by Gasteiger charge is -2.28. The van der Waals surface area contributed by atoms with E-state index in [1.807, 2.05) is 19.1 Å². The summed E-state index contributed by atoms with van der Waals surface area (Å²) in [5.41, 5.74) is 2.41. The Kier molecular flexibility index (Phi) is 7.81. The smallest absolute Gasteiger partial charge is 0.332 e. The normalized spacial score (nSPS) is 14.9. The molecule has 0 aliphatic carbocycles. The molecule has 2 aliphatic heterocycles. The average Bonchev–Trinajstić information content (AvgIpc) is 3.38. The van der Waals surface area contributed by atoms with Gasteiger partial charge < -0.3 is 24.8 Å². The second-order valence-electron chi connectivity index (χ2n) is 10.2. The van der Waals surface area contributed by atoms with E-state index in [0.717, 1.165) is 25.2 Å². The van der Waals surface area contributed by atoms with Gasteiger partial charge in [-0.1, -0.05) is 12.5 Å². The van der Waals surface area contributed by atoms with E-state index in [9.17, 15) is 9.59 Å². The SMILES string of the molecule is COc1ccc(C)c(N2C(=O)Nc3c(C(=O)Nc4ccc(OCCN5CCCCC5)c(OC)c4)sc4ncnc2c34)c1. The third-order valence-electron chi connectivity index (χ3n) is 7.51. The molecule has 2 aromatic carbocycles. The third kappa shape index (κ3) is 5.30. The maximum atomic E-state index is 13.5. The molecule has 4 aromatic rings. The Balaban J connectivity index is 1.24. The van der Waals surface area contributed by atoms with Gasteiger partial charge in [0.15, 0.2) is 17.3 Å². The van der Waals surface area contributed by atoms with E-state index in [4.69, 9.17) is 14.2 Å². The summed E-state index contributed by atoms with van der Waals surface area (Å²) in [7, 11) is 3.14. The highest BCUT2D eigenvalue weighted by atomic mass is 32.1. The van der Waals surface area contributed by atoms with Gasteiger partial charge in [0.2, 0.25) is 0 Å². The van der Waals surface area contributed by atoms with Crippen molar-refractivity contribution in [1.82, 2.24) is 14.9 Å². The first-order valence-corrected chi connectivity index (χ1v) is 14.7. The molecule has 0 bridgehead atoms. The molecule has 42 heavy (non-hydrogen) atoms. The van der Waals surface area contributed by atoms with Crippen molar-refractivity contribution < 1.29 is 23.8 Å². The predicted octanol–water partition coefficient (Wildman–Crippen LogP) is 5.82. The summed E-state index contributed by atoms with van der Waals surface area (Å²) in [4.78, 5) is 40.6. The first kappa shape index (κ1) is 27.7. The first-order valence-electron chi connectivity index (χ1n) is 13.8. The van der Waals surface area contributed by atoms with Gasteiger partial charge in [-0.05, 0) is 56.6 Å². The van der Waals surface area contributed by atoms with Crippen molar-refractivity contribution in [3.05, 3.63) is 53.2 Å². The molecule has 12 heteroatoms. The number of aromatic nitrogens is 2. The number of hydrogen-bond acceptors (Lipinski definition) is 9. The Morgan fingerprint density at radius 1 is 1.05 bits per heavy atom. The lowest BCUT2D eigenvalue weighted by atomic mass is 10.1. The maximum Gasteiger partial charge on any atom is 0.332 e. The number of piperidine rings is 1. The van der Waals surface area contributed by atoms with Crippen LogP contribution in [0.15, 0.2) is 42.7 Å². The molecule has 3 amide bonds. The Morgan fingerprint density at radius 2 is 1.88 bits per heavy atom. The fourth-order valence-corrected chi connectivity index (χ4v) is 6.31. The standard InChI is InChI=1S/C30H32N6O5S/c1-18-7-9-20(39-2)16-21(18)36-27-24-25(34-30(36)38)26(42-29(24)32-17-31-27)28(37)33-19-8-10-22(23(15-19)40-3)41-14-13-35-11-5-4-6-12-35/h7-10,15-17H,4-6,11-14H2,1-3H3,(H,33,37)(H,34,38). The van der Waals surface area contributed by atoms with Crippen LogP contribution >= 0.6 is 11.3 Å². The number of hydrogen-bond donors (Lipinski definition) is 2. The first-order chi connectivity index (χ1) is 20.5. The molecule has 4 heterocycles. The van der Waals surface area contributed by atoms with Crippen molar-refractivity contribution in [1.29, 1.82) is 0 Å². The van der Waals surface area contributed by atoms with Crippen LogP contribution in [0.1, 0.15) is 34.5 Å². The minimum Gasteiger partial charge on any atom is -0.497 e. The zero-order valence-electron chi connectivity index (χ0n) is 23.7. The summed E-state index contributed by atoms with van der Waals surface area (Å²) >= 11 is 1.19. The molecule has 6 rings (SSSR count). The van der Waals surface area contributed by atoms with Crippen molar-refractivity contribution in [2.75, 3.05) is 56.0 Å². The molecule has 0 unspecified atom stereocenters. The van der Waals surface area contributed by atoms with Crippen LogP contribution in [-0.2, 0) is 0 Å².